The second-order valence-electron chi connectivity index (χ2n) is 4.87. The third-order valence-electron chi connectivity index (χ3n) is 3.17. The molecule has 0 unspecified atom stereocenters. The summed E-state index contributed by atoms with van der Waals surface area (Å²) >= 11 is 7.56. The molecule has 0 aliphatic heterocycles. The molecule has 116 valence electrons. The van der Waals surface area contributed by atoms with E-state index < -0.39 is 0 Å². The van der Waals surface area contributed by atoms with Gasteiger partial charge in [0.25, 0.3) is 5.91 Å². The third-order valence-corrected chi connectivity index (χ3v) is 4.23. The van der Waals surface area contributed by atoms with Crippen molar-refractivity contribution >= 4 is 34.8 Å². The van der Waals surface area contributed by atoms with Crippen molar-refractivity contribution in [3.8, 4) is 0 Å². The molecule has 2 amide bonds. The second kappa shape index (κ2) is 7.96. The van der Waals surface area contributed by atoms with Gasteiger partial charge in [0.2, 0.25) is 5.91 Å². The van der Waals surface area contributed by atoms with Gasteiger partial charge in [-0.2, -0.15) is 11.3 Å². The van der Waals surface area contributed by atoms with Crippen LogP contribution in [0.5, 0.6) is 0 Å². The van der Waals surface area contributed by atoms with Gasteiger partial charge in [-0.15, -0.1) is 0 Å². The predicted molar refractivity (Wildman–Crippen MR) is 89.2 cm³/mol. The van der Waals surface area contributed by atoms with E-state index in [-0.39, 0.29) is 24.8 Å². The predicted octanol–water partition coefficient (Wildman–Crippen LogP) is 3.18. The Morgan fingerprint density at radius 2 is 2.05 bits per heavy atom. The minimum absolute atomic E-state index is 0.00865. The van der Waals surface area contributed by atoms with Gasteiger partial charge in [-0.3, -0.25) is 9.59 Å². The summed E-state index contributed by atoms with van der Waals surface area (Å²) in [6.45, 7) is 0.873. The molecular formula is C16H17ClN2O2S. The number of hydrogen-bond donors (Lipinski definition) is 1. The Labute approximate surface area is 138 Å². The van der Waals surface area contributed by atoms with Crippen LogP contribution in [0.2, 0.25) is 5.02 Å². The van der Waals surface area contributed by atoms with Crippen LogP contribution in [0.15, 0.2) is 41.1 Å². The standard InChI is InChI=1S/C16H17ClN2O2S/c1-19(10-12-7-9-22-11-12)15(20)6-8-18-16(21)13-4-2-3-5-14(13)17/h2-5,7,9,11H,6,8,10H2,1H3,(H,18,21). The van der Waals surface area contributed by atoms with Crippen LogP contribution in [0.1, 0.15) is 22.3 Å². The molecule has 0 radical (unpaired) electrons. The molecule has 0 saturated heterocycles. The molecule has 22 heavy (non-hydrogen) atoms. The highest BCUT2D eigenvalue weighted by Crippen LogP contribution is 2.14. The highest BCUT2D eigenvalue weighted by molar-refractivity contribution is 7.07. The molecule has 1 aromatic carbocycles. The Morgan fingerprint density at radius 1 is 1.27 bits per heavy atom. The van der Waals surface area contributed by atoms with Gasteiger partial charge in [0.15, 0.2) is 0 Å². The van der Waals surface area contributed by atoms with Crippen LogP contribution in [0.4, 0.5) is 0 Å². The number of thiophene rings is 1. The molecule has 0 bridgehead atoms. The minimum atomic E-state index is -0.265. The molecule has 4 nitrogen and oxygen atoms in total. The molecule has 0 fully saturated rings. The average molecular weight is 337 g/mol. The third kappa shape index (κ3) is 4.58. The fourth-order valence-electron chi connectivity index (χ4n) is 1.96. The normalized spacial score (nSPS) is 10.3. The Morgan fingerprint density at radius 3 is 2.73 bits per heavy atom. The van der Waals surface area contributed by atoms with Crippen LogP contribution >= 0.6 is 22.9 Å². The Balaban J connectivity index is 1.77. The van der Waals surface area contributed by atoms with Crippen molar-refractivity contribution in [2.24, 2.45) is 0 Å². The van der Waals surface area contributed by atoms with Gasteiger partial charge in [-0.05, 0) is 34.5 Å². The SMILES string of the molecule is CN(Cc1ccsc1)C(=O)CCNC(=O)c1ccccc1Cl. The fourth-order valence-corrected chi connectivity index (χ4v) is 2.84. The Hall–Kier alpha value is -1.85. The zero-order valence-corrected chi connectivity index (χ0v) is 13.8. The van der Waals surface area contributed by atoms with Crippen LogP contribution in [-0.2, 0) is 11.3 Å². The first-order valence-electron chi connectivity index (χ1n) is 6.85. The van der Waals surface area contributed by atoms with Gasteiger partial charge in [0.05, 0.1) is 10.6 Å². The van der Waals surface area contributed by atoms with E-state index >= 15 is 0 Å². The van der Waals surface area contributed by atoms with E-state index in [1.165, 1.54) is 0 Å². The van der Waals surface area contributed by atoms with Crippen LogP contribution in [0.25, 0.3) is 0 Å². The average Bonchev–Trinajstić information content (AvgIpc) is 3.00. The van der Waals surface area contributed by atoms with E-state index in [9.17, 15) is 9.59 Å². The van der Waals surface area contributed by atoms with Gasteiger partial charge in [0.1, 0.15) is 0 Å². The Bertz CT molecular complexity index is 643. The van der Waals surface area contributed by atoms with Crippen LogP contribution in [0, 0.1) is 0 Å². The first-order chi connectivity index (χ1) is 10.6. The zero-order valence-electron chi connectivity index (χ0n) is 12.2. The fraction of sp³-hybridized carbons (Fsp3) is 0.250. The lowest BCUT2D eigenvalue weighted by molar-refractivity contribution is -0.130. The molecule has 0 spiro atoms. The summed E-state index contributed by atoms with van der Waals surface area (Å²) in [5.74, 6) is -0.274. The van der Waals surface area contributed by atoms with Gasteiger partial charge in [-0.25, -0.2) is 0 Å². The summed E-state index contributed by atoms with van der Waals surface area (Å²) in [6.07, 6.45) is 0.261. The van der Waals surface area contributed by atoms with E-state index in [4.69, 9.17) is 11.6 Å². The summed E-state index contributed by atoms with van der Waals surface area (Å²) in [5.41, 5.74) is 1.53. The lowest BCUT2D eigenvalue weighted by atomic mass is 10.2. The molecule has 0 aliphatic carbocycles. The van der Waals surface area contributed by atoms with Crippen molar-refractivity contribution in [1.82, 2.24) is 10.2 Å². The summed E-state index contributed by atoms with van der Waals surface area (Å²) in [6, 6.07) is 8.83. The van der Waals surface area contributed by atoms with E-state index in [2.05, 4.69) is 5.32 Å². The van der Waals surface area contributed by atoms with Gasteiger partial charge < -0.3 is 10.2 Å². The molecule has 2 aromatic rings. The molecule has 1 aromatic heterocycles. The Kier molecular flexibility index (Phi) is 5.98. The van der Waals surface area contributed by atoms with Crippen LogP contribution in [-0.4, -0.2) is 30.3 Å². The summed E-state index contributed by atoms with van der Waals surface area (Å²) < 4.78 is 0. The minimum Gasteiger partial charge on any atom is -0.351 e. The number of nitrogens with one attached hydrogen (secondary N) is 1. The maximum absolute atomic E-state index is 12.0. The highest BCUT2D eigenvalue weighted by Gasteiger charge is 2.12. The molecule has 2 rings (SSSR count). The molecule has 1 heterocycles. The van der Waals surface area contributed by atoms with E-state index in [0.29, 0.717) is 17.1 Å². The smallest absolute Gasteiger partial charge is 0.252 e. The number of halogens is 1. The first-order valence-corrected chi connectivity index (χ1v) is 8.18. The number of hydrogen-bond acceptors (Lipinski definition) is 3. The number of nitrogens with zero attached hydrogens (tertiary/aromatic N) is 1. The summed E-state index contributed by atoms with van der Waals surface area (Å²) in [4.78, 5) is 25.6. The van der Waals surface area contributed by atoms with Crippen LogP contribution < -0.4 is 5.32 Å². The van der Waals surface area contributed by atoms with E-state index in [0.717, 1.165) is 5.56 Å². The monoisotopic (exact) mass is 336 g/mol. The first kappa shape index (κ1) is 16.5. The quantitative estimate of drug-likeness (QED) is 0.880. The highest BCUT2D eigenvalue weighted by atomic mass is 35.5. The van der Waals surface area contributed by atoms with Crippen molar-refractivity contribution in [2.75, 3.05) is 13.6 Å². The number of carbonyl (C=O) groups excluding carboxylic acids is 2. The number of rotatable bonds is 6. The lowest BCUT2D eigenvalue weighted by Gasteiger charge is -2.16. The maximum atomic E-state index is 12.0. The van der Waals surface area contributed by atoms with Gasteiger partial charge in [-0.1, -0.05) is 23.7 Å². The number of benzene rings is 1. The molecule has 1 N–H and O–H groups in total. The van der Waals surface area contributed by atoms with Gasteiger partial charge in [0, 0.05) is 26.6 Å². The molecule has 6 heteroatoms. The van der Waals surface area contributed by atoms with E-state index in [1.807, 2.05) is 16.8 Å². The summed E-state index contributed by atoms with van der Waals surface area (Å²) in [7, 11) is 1.76. The maximum Gasteiger partial charge on any atom is 0.252 e. The topological polar surface area (TPSA) is 49.4 Å². The van der Waals surface area contributed by atoms with Crippen LogP contribution in [0.3, 0.4) is 0 Å². The van der Waals surface area contributed by atoms with Crippen molar-refractivity contribution in [2.45, 2.75) is 13.0 Å². The largest absolute Gasteiger partial charge is 0.351 e. The second-order valence-corrected chi connectivity index (χ2v) is 6.05. The summed E-state index contributed by atoms with van der Waals surface area (Å²) in [5, 5.41) is 7.12. The lowest BCUT2D eigenvalue weighted by Crippen LogP contribution is -2.31. The van der Waals surface area contributed by atoms with Gasteiger partial charge >= 0.3 is 0 Å². The molecular weight excluding hydrogens is 320 g/mol. The molecule has 0 aliphatic rings. The van der Waals surface area contributed by atoms with Crippen molar-refractivity contribution < 1.29 is 9.59 Å². The zero-order chi connectivity index (χ0) is 15.9. The van der Waals surface area contributed by atoms with Crippen molar-refractivity contribution in [3.63, 3.8) is 0 Å². The number of carbonyl (C=O) groups is 2. The van der Waals surface area contributed by atoms with Crippen molar-refractivity contribution in [1.29, 1.82) is 0 Å². The van der Waals surface area contributed by atoms with E-state index in [1.54, 1.807) is 47.5 Å². The molecule has 0 atom stereocenters. The molecule has 0 saturated carbocycles. The van der Waals surface area contributed by atoms with Crippen molar-refractivity contribution in [3.05, 3.63) is 57.2 Å². The number of amides is 2.